The topological polar surface area (TPSA) is 69.3 Å². The fourth-order valence-electron chi connectivity index (χ4n) is 3.55. The number of H-pyrrole nitrogens is 1. The summed E-state index contributed by atoms with van der Waals surface area (Å²) in [4.78, 5) is 35.4. The number of hydrogen-bond acceptors (Lipinski definition) is 4. The molecular formula is C21H26N4O2. The number of pyridine rings is 2. The molecule has 142 valence electrons. The number of anilines is 1. The number of carbonyl (C=O) groups excluding carboxylic acids is 1. The number of likely N-dealkylation sites (tertiary alicyclic amines) is 1. The lowest BCUT2D eigenvalue weighted by Gasteiger charge is -2.38. The molecule has 0 unspecified atom stereocenters. The minimum atomic E-state index is -0.127. The molecule has 1 aliphatic rings. The van der Waals surface area contributed by atoms with E-state index in [0.717, 1.165) is 42.6 Å². The maximum atomic E-state index is 12.5. The van der Waals surface area contributed by atoms with Crippen molar-refractivity contribution in [3.8, 4) is 11.1 Å². The van der Waals surface area contributed by atoms with Crippen LogP contribution in [0, 0.1) is 0 Å². The van der Waals surface area contributed by atoms with Crippen molar-refractivity contribution in [2.75, 3.05) is 25.0 Å². The second-order valence-corrected chi connectivity index (χ2v) is 6.89. The third-order valence-electron chi connectivity index (χ3n) is 5.21. The van der Waals surface area contributed by atoms with Crippen molar-refractivity contribution >= 4 is 11.6 Å². The molecule has 3 heterocycles. The minimum absolute atomic E-state index is 0.0559. The van der Waals surface area contributed by atoms with Crippen molar-refractivity contribution in [3.05, 3.63) is 59.3 Å². The van der Waals surface area contributed by atoms with Crippen LogP contribution in [0.25, 0.3) is 11.1 Å². The molecule has 3 rings (SSSR count). The number of hydrogen-bond donors (Lipinski definition) is 1. The van der Waals surface area contributed by atoms with Crippen LogP contribution in [0.5, 0.6) is 0 Å². The number of aryl methyl sites for hydroxylation is 1. The summed E-state index contributed by atoms with van der Waals surface area (Å²) in [5.74, 6) is -0.0559. The smallest absolute Gasteiger partial charge is 0.271 e. The number of amides is 1. The van der Waals surface area contributed by atoms with E-state index >= 15 is 0 Å². The molecule has 0 radical (unpaired) electrons. The number of rotatable bonds is 5. The van der Waals surface area contributed by atoms with E-state index in [-0.39, 0.29) is 17.5 Å². The van der Waals surface area contributed by atoms with Gasteiger partial charge in [0.1, 0.15) is 5.69 Å². The van der Waals surface area contributed by atoms with E-state index in [9.17, 15) is 9.59 Å². The van der Waals surface area contributed by atoms with Gasteiger partial charge >= 0.3 is 0 Å². The standard InChI is InChI=1S/C21H26N4O2/c1-4-17-11-15(8-9-22-17)16-12-19(21(27)23-13-16)24(3)18-7-6-10-25(14-18)20(26)5-2/h5,8-9,11-13,18H,2,4,6-7,10,14H2,1,3H3,(H,23,27)/t18-/m0/s1. The number of aromatic nitrogens is 2. The third-order valence-corrected chi connectivity index (χ3v) is 5.21. The molecule has 0 bridgehead atoms. The molecule has 1 amide bonds. The van der Waals surface area contributed by atoms with Crippen LogP contribution in [-0.4, -0.2) is 47.0 Å². The van der Waals surface area contributed by atoms with E-state index in [1.54, 1.807) is 17.3 Å². The van der Waals surface area contributed by atoms with Crippen LogP contribution in [0.3, 0.4) is 0 Å². The average Bonchev–Trinajstić information content (AvgIpc) is 2.73. The number of likely N-dealkylation sites (N-methyl/N-ethyl adjacent to an activating group) is 1. The second kappa shape index (κ2) is 8.20. The van der Waals surface area contributed by atoms with Crippen molar-refractivity contribution in [1.82, 2.24) is 14.9 Å². The lowest BCUT2D eigenvalue weighted by molar-refractivity contribution is -0.127. The number of nitrogens with one attached hydrogen (secondary N) is 1. The Bertz CT molecular complexity index is 890. The van der Waals surface area contributed by atoms with Crippen molar-refractivity contribution in [2.45, 2.75) is 32.2 Å². The predicted octanol–water partition coefficient (Wildman–Crippen LogP) is 2.61. The molecule has 0 saturated carbocycles. The van der Waals surface area contributed by atoms with Gasteiger partial charge in [0, 0.05) is 49.8 Å². The fourth-order valence-corrected chi connectivity index (χ4v) is 3.55. The van der Waals surface area contributed by atoms with Gasteiger partial charge in [-0.05, 0) is 49.1 Å². The highest BCUT2D eigenvalue weighted by molar-refractivity contribution is 5.87. The summed E-state index contributed by atoms with van der Waals surface area (Å²) >= 11 is 0. The van der Waals surface area contributed by atoms with Crippen molar-refractivity contribution in [3.63, 3.8) is 0 Å². The molecule has 1 saturated heterocycles. The molecule has 0 spiro atoms. The second-order valence-electron chi connectivity index (χ2n) is 6.89. The van der Waals surface area contributed by atoms with Crippen molar-refractivity contribution in [2.24, 2.45) is 0 Å². The highest BCUT2D eigenvalue weighted by Gasteiger charge is 2.26. The van der Waals surface area contributed by atoms with E-state index in [1.165, 1.54) is 6.08 Å². The number of piperidine rings is 1. The molecule has 6 nitrogen and oxygen atoms in total. The molecule has 1 aliphatic heterocycles. The van der Waals surface area contributed by atoms with E-state index in [0.29, 0.717) is 12.2 Å². The Balaban J connectivity index is 1.88. The first kappa shape index (κ1) is 18.9. The van der Waals surface area contributed by atoms with Gasteiger partial charge in [-0.1, -0.05) is 13.5 Å². The van der Waals surface area contributed by atoms with Gasteiger partial charge < -0.3 is 14.8 Å². The summed E-state index contributed by atoms with van der Waals surface area (Å²) in [6.07, 6.45) is 7.60. The Morgan fingerprint density at radius 3 is 3.00 bits per heavy atom. The average molecular weight is 366 g/mol. The van der Waals surface area contributed by atoms with E-state index in [1.807, 2.05) is 30.1 Å². The van der Waals surface area contributed by atoms with Crippen LogP contribution >= 0.6 is 0 Å². The van der Waals surface area contributed by atoms with Crippen LogP contribution in [0.2, 0.25) is 0 Å². The first-order valence-corrected chi connectivity index (χ1v) is 9.35. The van der Waals surface area contributed by atoms with E-state index in [2.05, 4.69) is 23.5 Å². The maximum absolute atomic E-state index is 12.5. The zero-order valence-electron chi connectivity index (χ0n) is 15.9. The van der Waals surface area contributed by atoms with Gasteiger partial charge in [0.15, 0.2) is 0 Å². The Morgan fingerprint density at radius 1 is 1.44 bits per heavy atom. The van der Waals surface area contributed by atoms with Gasteiger partial charge in [-0.3, -0.25) is 14.6 Å². The molecular weight excluding hydrogens is 340 g/mol. The van der Waals surface area contributed by atoms with E-state index < -0.39 is 0 Å². The lowest BCUT2D eigenvalue weighted by atomic mass is 10.0. The predicted molar refractivity (Wildman–Crippen MR) is 108 cm³/mol. The first-order chi connectivity index (χ1) is 13.0. The summed E-state index contributed by atoms with van der Waals surface area (Å²) in [5.41, 5.74) is 3.47. The van der Waals surface area contributed by atoms with Crippen LogP contribution in [0.15, 0.2) is 48.0 Å². The third kappa shape index (κ3) is 4.10. The number of nitrogens with zero attached hydrogens (tertiary/aromatic N) is 3. The van der Waals surface area contributed by atoms with Gasteiger partial charge in [0.05, 0.1) is 0 Å². The van der Waals surface area contributed by atoms with Gasteiger partial charge in [0.25, 0.3) is 5.56 Å². The summed E-state index contributed by atoms with van der Waals surface area (Å²) in [6, 6.07) is 6.01. The van der Waals surface area contributed by atoms with Crippen LogP contribution in [-0.2, 0) is 11.2 Å². The van der Waals surface area contributed by atoms with Gasteiger partial charge in [0.2, 0.25) is 5.91 Å². The van der Waals surface area contributed by atoms with Gasteiger partial charge in [-0.25, -0.2) is 0 Å². The zero-order valence-corrected chi connectivity index (χ0v) is 15.9. The number of carbonyl (C=O) groups is 1. The molecule has 1 N–H and O–H groups in total. The Morgan fingerprint density at radius 2 is 2.26 bits per heavy atom. The maximum Gasteiger partial charge on any atom is 0.271 e. The van der Waals surface area contributed by atoms with Crippen LogP contribution in [0.1, 0.15) is 25.5 Å². The first-order valence-electron chi connectivity index (χ1n) is 9.35. The SMILES string of the molecule is C=CC(=O)N1CCC[C@H](N(C)c2cc(-c3ccnc(CC)c3)c[nH]c2=O)C1. The molecule has 0 aliphatic carbocycles. The molecule has 2 aromatic rings. The quantitative estimate of drug-likeness (QED) is 0.826. The van der Waals surface area contributed by atoms with Crippen LogP contribution in [0.4, 0.5) is 5.69 Å². The lowest BCUT2D eigenvalue weighted by Crippen LogP contribution is -2.49. The number of aromatic amines is 1. The Hall–Kier alpha value is -2.89. The summed E-state index contributed by atoms with van der Waals surface area (Å²) in [5, 5.41) is 0. The summed E-state index contributed by atoms with van der Waals surface area (Å²) < 4.78 is 0. The van der Waals surface area contributed by atoms with Gasteiger partial charge in [-0.15, -0.1) is 0 Å². The molecule has 2 aromatic heterocycles. The summed E-state index contributed by atoms with van der Waals surface area (Å²) in [6.45, 7) is 6.98. The van der Waals surface area contributed by atoms with Gasteiger partial charge in [-0.2, -0.15) is 0 Å². The highest BCUT2D eigenvalue weighted by Crippen LogP contribution is 2.24. The molecule has 1 fully saturated rings. The Labute approximate surface area is 159 Å². The monoisotopic (exact) mass is 366 g/mol. The minimum Gasteiger partial charge on any atom is -0.365 e. The normalized spacial score (nSPS) is 16.8. The highest BCUT2D eigenvalue weighted by atomic mass is 16.2. The largest absolute Gasteiger partial charge is 0.365 e. The molecule has 27 heavy (non-hydrogen) atoms. The molecule has 0 aromatic carbocycles. The molecule has 1 atom stereocenters. The molecule has 6 heteroatoms. The Kier molecular flexibility index (Phi) is 5.74. The zero-order chi connectivity index (χ0) is 19.4. The van der Waals surface area contributed by atoms with Crippen molar-refractivity contribution in [1.29, 1.82) is 0 Å². The van der Waals surface area contributed by atoms with Crippen LogP contribution < -0.4 is 10.5 Å². The van der Waals surface area contributed by atoms with Crippen molar-refractivity contribution < 1.29 is 4.79 Å². The van der Waals surface area contributed by atoms with E-state index in [4.69, 9.17) is 0 Å². The summed E-state index contributed by atoms with van der Waals surface area (Å²) in [7, 11) is 1.92. The fraction of sp³-hybridized carbons (Fsp3) is 0.381.